The Bertz CT molecular complexity index is 846. The van der Waals surface area contributed by atoms with Crippen molar-refractivity contribution in [1.29, 1.82) is 0 Å². The molecule has 0 saturated carbocycles. The quantitative estimate of drug-likeness (QED) is 0.682. The molecule has 6 heteroatoms. The molecule has 0 spiro atoms. The van der Waals surface area contributed by atoms with E-state index in [1.165, 1.54) is 0 Å². The second-order valence-corrected chi connectivity index (χ2v) is 5.18. The summed E-state index contributed by atoms with van der Waals surface area (Å²) in [6, 6.07) is 13.0. The topological polar surface area (TPSA) is 76.1 Å². The van der Waals surface area contributed by atoms with Crippen molar-refractivity contribution in [2.45, 2.75) is 0 Å². The highest BCUT2D eigenvalue weighted by molar-refractivity contribution is 6.07. The first kappa shape index (κ1) is 15.9. The summed E-state index contributed by atoms with van der Waals surface area (Å²) < 4.78 is 5.00. The number of nitrogens with zero attached hydrogens (tertiary/aromatic N) is 2. The monoisotopic (exact) mass is 322 g/mol. The molecule has 0 aliphatic carbocycles. The Morgan fingerprint density at radius 3 is 2.88 bits per heavy atom. The van der Waals surface area contributed by atoms with Gasteiger partial charge in [0.2, 0.25) is 0 Å². The van der Waals surface area contributed by atoms with Crippen LogP contribution in [0.3, 0.4) is 0 Å². The summed E-state index contributed by atoms with van der Waals surface area (Å²) in [5.41, 5.74) is 2.58. The number of anilines is 2. The zero-order valence-corrected chi connectivity index (χ0v) is 13.3. The molecule has 0 saturated heterocycles. The van der Waals surface area contributed by atoms with Crippen molar-refractivity contribution in [2.24, 2.45) is 0 Å². The predicted molar refractivity (Wildman–Crippen MR) is 94.3 cm³/mol. The van der Waals surface area contributed by atoms with Gasteiger partial charge in [-0.05, 0) is 24.3 Å². The molecule has 122 valence electrons. The van der Waals surface area contributed by atoms with Crippen LogP contribution in [0.2, 0.25) is 0 Å². The van der Waals surface area contributed by atoms with Crippen molar-refractivity contribution in [3.05, 3.63) is 60.6 Å². The van der Waals surface area contributed by atoms with Crippen LogP contribution in [0.4, 0.5) is 11.4 Å². The molecule has 1 aromatic carbocycles. The molecule has 0 fully saturated rings. The SMILES string of the molecule is COCCNc1ccnc(C(=O)Nc2cccc3cccnc23)c1. The molecule has 0 bridgehead atoms. The van der Waals surface area contributed by atoms with Crippen molar-refractivity contribution in [1.82, 2.24) is 9.97 Å². The van der Waals surface area contributed by atoms with E-state index >= 15 is 0 Å². The lowest BCUT2D eigenvalue weighted by Gasteiger charge is -2.09. The normalized spacial score (nSPS) is 10.5. The zero-order valence-electron chi connectivity index (χ0n) is 13.3. The second-order valence-electron chi connectivity index (χ2n) is 5.18. The van der Waals surface area contributed by atoms with E-state index < -0.39 is 0 Å². The molecule has 0 radical (unpaired) electrons. The fraction of sp³-hybridized carbons (Fsp3) is 0.167. The molecule has 2 N–H and O–H groups in total. The van der Waals surface area contributed by atoms with E-state index in [1.807, 2.05) is 36.4 Å². The third-order valence-electron chi connectivity index (χ3n) is 3.51. The minimum atomic E-state index is -0.274. The average molecular weight is 322 g/mol. The average Bonchev–Trinajstić information content (AvgIpc) is 2.62. The van der Waals surface area contributed by atoms with Gasteiger partial charge >= 0.3 is 0 Å². The highest BCUT2D eigenvalue weighted by atomic mass is 16.5. The number of carbonyl (C=O) groups is 1. The number of nitrogens with one attached hydrogen (secondary N) is 2. The summed E-state index contributed by atoms with van der Waals surface area (Å²) in [4.78, 5) is 21.0. The van der Waals surface area contributed by atoms with Gasteiger partial charge in [0.1, 0.15) is 5.69 Å². The van der Waals surface area contributed by atoms with Crippen molar-refractivity contribution in [3.8, 4) is 0 Å². The Kier molecular flexibility index (Phi) is 4.98. The third kappa shape index (κ3) is 3.67. The molecule has 24 heavy (non-hydrogen) atoms. The number of methoxy groups -OCH3 is 1. The maximum absolute atomic E-state index is 12.5. The van der Waals surface area contributed by atoms with Crippen LogP contribution >= 0.6 is 0 Å². The third-order valence-corrected chi connectivity index (χ3v) is 3.51. The van der Waals surface area contributed by atoms with Gasteiger partial charge in [0.05, 0.1) is 17.8 Å². The number of hydrogen-bond acceptors (Lipinski definition) is 5. The second kappa shape index (κ2) is 7.52. The lowest BCUT2D eigenvalue weighted by molar-refractivity contribution is 0.102. The fourth-order valence-corrected chi connectivity index (χ4v) is 2.35. The van der Waals surface area contributed by atoms with Crippen molar-refractivity contribution in [2.75, 3.05) is 30.9 Å². The molecule has 3 rings (SSSR count). The number of pyridine rings is 2. The highest BCUT2D eigenvalue weighted by Crippen LogP contribution is 2.21. The molecule has 3 aromatic rings. The minimum Gasteiger partial charge on any atom is -0.383 e. The Balaban J connectivity index is 1.78. The summed E-state index contributed by atoms with van der Waals surface area (Å²) in [5.74, 6) is -0.274. The number of fused-ring (bicyclic) bond motifs is 1. The highest BCUT2D eigenvalue weighted by Gasteiger charge is 2.10. The number of benzene rings is 1. The van der Waals surface area contributed by atoms with Crippen molar-refractivity contribution >= 4 is 28.2 Å². The van der Waals surface area contributed by atoms with Crippen LogP contribution in [-0.4, -0.2) is 36.1 Å². The van der Waals surface area contributed by atoms with Gasteiger partial charge in [-0.2, -0.15) is 0 Å². The Labute approximate surface area is 139 Å². The van der Waals surface area contributed by atoms with Crippen LogP contribution in [0.15, 0.2) is 54.9 Å². The van der Waals surface area contributed by atoms with Crippen LogP contribution in [0.25, 0.3) is 10.9 Å². The number of para-hydroxylation sites is 1. The fourth-order valence-electron chi connectivity index (χ4n) is 2.35. The maximum Gasteiger partial charge on any atom is 0.274 e. The van der Waals surface area contributed by atoms with Crippen molar-refractivity contribution < 1.29 is 9.53 Å². The van der Waals surface area contributed by atoms with Gasteiger partial charge in [0.25, 0.3) is 5.91 Å². The van der Waals surface area contributed by atoms with Crippen LogP contribution in [-0.2, 0) is 4.74 Å². The van der Waals surface area contributed by atoms with E-state index in [2.05, 4.69) is 20.6 Å². The lowest BCUT2D eigenvalue weighted by Crippen LogP contribution is -2.15. The number of carbonyl (C=O) groups excluding carboxylic acids is 1. The first-order valence-corrected chi connectivity index (χ1v) is 7.62. The van der Waals surface area contributed by atoms with Gasteiger partial charge in [-0.3, -0.25) is 14.8 Å². The summed E-state index contributed by atoms with van der Waals surface area (Å²) >= 11 is 0. The van der Waals surface area contributed by atoms with E-state index in [0.29, 0.717) is 24.5 Å². The number of hydrogen-bond donors (Lipinski definition) is 2. The first-order valence-electron chi connectivity index (χ1n) is 7.62. The molecular formula is C18H18N4O2. The van der Waals surface area contributed by atoms with Gasteiger partial charge < -0.3 is 15.4 Å². The van der Waals surface area contributed by atoms with Gasteiger partial charge in [-0.25, -0.2) is 0 Å². The molecule has 0 atom stereocenters. The van der Waals surface area contributed by atoms with E-state index in [4.69, 9.17) is 4.74 Å². The van der Waals surface area contributed by atoms with E-state index in [-0.39, 0.29) is 5.91 Å². The van der Waals surface area contributed by atoms with E-state index in [9.17, 15) is 4.79 Å². The lowest BCUT2D eigenvalue weighted by atomic mass is 10.2. The molecular weight excluding hydrogens is 304 g/mol. The largest absolute Gasteiger partial charge is 0.383 e. The molecule has 2 heterocycles. The summed E-state index contributed by atoms with van der Waals surface area (Å²) in [6.07, 6.45) is 3.31. The Morgan fingerprint density at radius 1 is 1.12 bits per heavy atom. The maximum atomic E-state index is 12.5. The summed E-state index contributed by atoms with van der Waals surface area (Å²) in [7, 11) is 1.64. The van der Waals surface area contributed by atoms with Crippen LogP contribution in [0.1, 0.15) is 10.5 Å². The van der Waals surface area contributed by atoms with E-state index in [1.54, 1.807) is 25.6 Å². The number of aromatic nitrogens is 2. The zero-order chi connectivity index (χ0) is 16.8. The van der Waals surface area contributed by atoms with E-state index in [0.717, 1.165) is 16.6 Å². The van der Waals surface area contributed by atoms with Gasteiger partial charge in [0, 0.05) is 37.1 Å². The minimum absolute atomic E-state index is 0.274. The summed E-state index contributed by atoms with van der Waals surface area (Å²) in [5, 5.41) is 7.03. The van der Waals surface area contributed by atoms with Crippen molar-refractivity contribution in [3.63, 3.8) is 0 Å². The smallest absolute Gasteiger partial charge is 0.274 e. The van der Waals surface area contributed by atoms with Gasteiger partial charge in [0.15, 0.2) is 0 Å². The molecule has 0 unspecified atom stereocenters. The number of rotatable bonds is 6. The Hall–Kier alpha value is -2.99. The molecule has 2 aromatic heterocycles. The first-order chi connectivity index (χ1) is 11.8. The number of ether oxygens (including phenoxy) is 1. The predicted octanol–water partition coefficient (Wildman–Crippen LogP) is 2.94. The molecule has 6 nitrogen and oxygen atoms in total. The Morgan fingerprint density at radius 2 is 2.00 bits per heavy atom. The standard InChI is InChI=1S/C18H18N4O2/c1-24-11-10-19-14-7-9-20-16(12-14)18(23)22-15-6-2-4-13-5-3-8-21-17(13)15/h2-9,12H,10-11H2,1H3,(H,19,20)(H,22,23). The van der Waals surface area contributed by atoms with Gasteiger partial charge in [-0.15, -0.1) is 0 Å². The number of amides is 1. The van der Waals surface area contributed by atoms with Crippen LogP contribution in [0, 0.1) is 0 Å². The molecule has 0 aliphatic heterocycles. The molecule has 0 aliphatic rings. The van der Waals surface area contributed by atoms with Crippen LogP contribution < -0.4 is 10.6 Å². The summed E-state index contributed by atoms with van der Waals surface area (Å²) in [6.45, 7) is 1.25. The molecule has 1 amide bonds. The van der Waals surface area contributed by atoms with Gasteiger partial charge in [-0.1, -0.05) is 18.2 Å². The van der Waals surface area contributed by atoms with Crippen LogP contribution in [0.5, 0.6) is 0 Å².